The number of carbonyl (C=O) groups is 1. The molecule has 1 saturated heterocycles. The molecule has 0 radical (unpaired) electrons. The van der Waals surface area contributed by atoms with Crippen molar-refractivity contribution in [2.24, 2.45) is 0 Å². The summed E-state index contributed by atoms with van der Waals surface area (Å²) in [5.41, 5.74) is 0.119. The molecule has 5 heteroatoms. The fourth-order valence-corrected chi connectivity index (χ4v) is 2.30. The Morgan fingerprint density at radius 1 is 1.26 bits per heavy atom. The summed E-state index contributed by atoms with van der Waals surface area (Å²) in [5.74, 6) is -0.136. The normalized spacial score (nSPS) is 16.6. The van der Waals surface area contributed by atoms with Crippen LogP contribution in [0.5, 0.6) is 0 Å². The van der Waals surface area contributed by atoms with Crippen LogP contribution < -0.4 is 5.56 Å². The number of aryl methyl sites for hydroxylation is 1. The van der Waals surface area contributed by atoms with Crippen LogP contribution in [0.15, 0.2) is 23.1 Å². The van der Waals surface area contributed by atoms with Gasteiger partial charge in [-0.15, -0.1) is 0 Å². The first-order valence-electron chi connectivity index (χ1n) is 6.80. The number of hydrogen-bond donors (Lipinski definition) is 0. The van der Waals surface area contributed by atoms with Gasteiger partial charge in [-0.1, -0.05) is 6.92 Å². The lowest BCUT2D eigenvalue weighted by atomic mass is 10.2. The summed E-state index contributed by atoms with van der Waals surface area (Å²) < 4.78 is 1.61. The highest BCUT2D eigenvalue weighted by Crippen LogP contribution is 2.05. The Hall–Kier alpha value is -1.62. The number of piperazine rings is 1. The van der Waals surface area contributed by atoms with Gasteiger partial charge in [0.1, 0.15) is 5.56 Å². The summed E-state index contributed by atoms with van der Waals surface area (Å²) in [6.45, 7) is 5.78. The number of likely N-dealkylation sites (N-methyl/N-ethyl adjacent to an activating group) is 1. The number of aromatic nitrogens is 1. The standard InChI is InChI=1S/C14H21N3O2/c1-3-6-16-7-4-5-12(13(16)18)14(19)17-10-8-15(2)9-11-17/h4-5,7H,3,6,8-11H2,1-2H3. The Balaban J connectivity index is 2.19. The molecule has 1 amide bonds. The molecule has 0 saturated carbocycles. The number of hydrogen-bond acceptors (Lipinski definition) is 3. The van der Waals surface area contributed by atoms with Crippen molar-refractivity contribution in [1.82, 2.24) is 14.4 Å². The highest BCUT2D eigenvalue weighted by Gasteiger charge is 2.22. The van der Waals surface area contributed by atoms with Crippen molar-refractivity contribution in [1.29, 1.82) is 0 Å². The minimum atomic E-state index is -0.173. The first-order chi connectivity index (χ1) is 9.13. The second-order valence-corrected chi connectivity index (χ2v) is 5.02. The zero-order valence-corrected chi connectivity index (χ0v) is 11.6. The Labute approximate surface area is 113 Å². The number of pyridine rings is 1. The summed E-state index contributed by atoms with van der Waals surface area (Å²) in [6.07, 6.45) is 2.62. The van der Waals surface area contributed by atoms with Gasteiger partial charge in [-0.05, 0) is 25.6 Å². The van der Waals surface area contributed by atoms with E-state index in [-0.39, 0.29) is 11.5 Å². The quantitative estimate of drug-likeness (QED) is 0.804. The molecule has 0 spiro atoms. The summed E-state index contributed by atoms with van der Waals surface area (Å²) in [4.78, 5) is 28.5. The first kappa shape index (κ1) is 13.8. The van der Waals surface area contributed by atoms with Crippen LogP contribution >= 0.6 is 0 Å². The third-order valence-corrected chi connectivity index (χ3v) is 3.51. The van der Waals surface area contributed by atoms with Crippen molar-refractivity contribution in [3.63, 3.8) is 0 Å². The summed E-state index contributed by atoms with van der Waals surface area (Å²) >= 11 is 0. The third-order valence-electron chi connectivity index (χ3n) is 3.51. The Morgan fingerprint density at radius 3 is 2.58 bits per heavy atom. The first-order valence-corrected chi connectivity index (χ1v) is 6.80. The van der Waals surface area contributed by atoms with E-state index in [1.807, 2.05) is 14.0 Å². The van der Waals surface area contributed by atoms with E-state index in [1.165, 1.54) is 0 Å². The molecule has 5 nitrogen and oxygen atoms in total. The highest BCUT2D eigenvalue weighted by molar-refractivity contribution is 5.93. The average molecular weight is 263 g/mol. The van der Waals surface area contributed by atoms with Gasteiger partial charge in [0.15, 0.2) is 0 Å². The van der Waals surface area contributed by atoms with E-state index in [4.69, 9.17) is 0 Å². The molecule has 1 aliphatic heterocycles. The highest BCUT2D eigenvalue weighted by atomic mass is 16.2. The second kappa shape index (κ2) is 6.02. The largest absolute Gasteiger partial charge is 0.336 e. The maximum Gasteiger partial charge on any atom is 0.263 e. The number of rotatable bonds is 3. The van der Waals surface area contributed by atoms with Crippen molar-refractivity contribution >= 4 is 5.91 Å². The van der Waals surface area contributed by atoms with Gasteiger partial charge in [-0.2, -0.15) is 0 Å². The van der Waals surface area contributed by atoms with Crippen molar-refractivity contribution in [2.75, 3.05) is 33.2 Å². The molecule has 1 aromatic heterocycles. The number of nitrogens with zero attached hydrogens (tertiary/aromatic N) is 3. The molecular weight excluding hydrogens is 242 g/mol. The zero-order chi connectivity index (χ0) is 13.8. The molecule has 1 fully saturated rings. The molecule has 19 heavy (non-hydrogen) atoms. The van der Waals surface area contributed by atoms with Crippen LogP contribution in [0.3, 0.4) is 0 Å². The van der Waals surface area contributed by atoms with Gasteiger partial charge in [0.25, 0.3) is 11.5 Å². The van der Waals surface area contributed by atoms with Crippen LogP contribution in [-0.4, -0.2) is 53.5 Å². The van der Waals surface area contributed by atoms with Gasteiger partial charge < -0.3 is 14.4 Å². The molecule has 0 atom stereocenters. The SMILES string of the molecule is CCCn1cccc(C(=O)N2CCN(C)CC2)c1=O. The van der Waals surface area contributed by atoms with Crippen molar-refractivity contribution < 1.29 is 4.79 Å². The molecule has 0 aromatic carbocycles. The lowest BCUT2D eigenvalue weighted by Gasteiger charge is -2.32. The maximum atomic E-state index is 12.4. The lowest BCUT2D eigenvalue weighted by Crippen LogP contribution is -2.48. The fourth-order valence-electron chi connectivity index (χ4n) is 2.30. The molecule has 1 aliphatic rings. The molecule has 0 aliphatic carbocycles. The molecule has 0 unspecified atom stereocenters. The minimum absolute atomic E-state index is 0.136. The Kier molecular flexibility index (Phi) is 4.37. The van der Waals surface area contributed by atoms with Crippen molar-refractivity contribution in [2.45, 2.75) is 19.9 Å². The van der Waals surface area contributed by atoms with E-state index in [2.05, 4.69) is 4.90 Å². The lowest BCUT2D eigenvalue weighted by molar-refractivity contribution is 0.0661. The van der Waals surface area contributed by atoms with Crippen molar-refractivity contribution in [3.8, 4) is 0 Å². The van der Waals surface area contributed by atoms with E-state index >= 15 is 0 Å². The zero-order valence-electron chi connectivity index (χ0n) is 11.6. The summed E-state index contributed by atoms with van der Waals surface area (Å²) in [5, 5.41) is 0. The molecule has 1 aromatic rings. The molecule has 104 valence electrons. The number of amides is 1. The van der Waals surface area contributed by atoms with E-state index in [9.17, 15) is 9.59 Å². The van der Waals surface area contributed by atoms with Gasteiger partial charge >= 0.3 is 0 Å². The molecular formula is C14H21N3O2. The topological polar surface area (TPSA) is 45.6 Å². The predicted octanol–water partition coefficient (Wildman–Crippen LogP) is 0.646. The summed E-state index contributed by atoms with van der Waals surface area (Å²) in [7, 11) is 2.04. The maximum absolute atomic E-state index is 12.4. The summed E-state index contributed by atoms with van der Waals surface area (Å²) in [6, 6.07) is 3.41. The molecule has 0 bridgehead atoms. The predicted molar refractivity (Wildman–Crippen MR) is 74.4 cm³/mol. The van der Waals surface area contributed by atoms with Crippen LogP contribution in [0.2, 0.25) is 0 Å². The smallest absolute Gasteiger partial charge is 0.263 e. The average Bonchev–Trinajstić information content (AvgIpc) is 2.41. The van der Waals surface area contributed by atoms with Gasteiger partial charge in [0.2, 0.25) is 0 Å². The Morgan fingerprint density at radius 2 is 1.95 bits per heavy atom. The van der Waals surface area contributed by atoms with Gasteiger partial charge in [-0.25, -0.2) is 0 Å². The minimum Gasteiger partial charge on any atom is -0.336 e. The fraction of sp³-hybridized carbons (Fsp3) is 0.571. The van der Waals surface area contributed by atoms with Crippen molar-refractivity contribution in [3.05, 3.63) is 34.2 Å². The van der Waals surface area contributed by atoms with Gasteiger partial charge in [0.05, 0.1) is 0 Å². The van der Waals surface area contributed by atoms with E-state index in [0.717, 1.165) is 19.5 Å². The monoisotopic (exact) mass is 263 g/mol. The van der Waals surface area contributed by atoms with E-state index < -0.39 is 0 Å². The van der Waals surface area contributed by atoms with Crippen LogP contribution in [-0.2, 0) is 6.54 Å². The number of carbonyl (C=O) groups excluding carboxylic acids is 1. The van der Waals surface area contributed by atoms with Gasteiger partial charge in [-0.3, -0.25) is 9.59 Å². The van der Waals surface area contributed by atoms with E-state index in [1.54, 1.807) is 27.8 Å². The second-order valence-electron chi connectivity index (χ2n) is 5.02. The van der Waals surface area contributed by atoms with Crippen LogP contribution in [0.1, 0.15) is 23.7 Å². The molecule has 2 rings (SSSR count). The van der Waals surface area contributed by atoms with Crippen LogP contribution in [0.25, 0.3) is 0 Å². The third kappa shape index (κ3) is 3.04. The molecule has 0 N–H and O–H groups in total. The Bertz CT molecular complexity index is 502. The van der Waals surface area contributed by atoms with E-state index in [0.29, 0.717) is 25.2 Å². The molecule has 2 heterocycles. The van der Waals surface area contributed by atoms with Crippen LogP contribution in [0.4, 0.5) is 0 Å². The van der Waals surface area contributed by atoms with Crippen LogP contribution in [0, 0.1) is 0 Å². The van der Waals surface area contributed by atoms with Gasteiger partial charge in [0, 0.05) is 38.9 Å².